The Morgan fingerprint density at radius 1 is 1.47 bits per heavy atom. The van der Waals surface area contributed by atoms with Crippen molar-refractivity contribution in [2.75, 3.05) is 6.54 Å². The Hall–Kier alpha value is -2.08. The summed E-state index contributed by atoms with van der Waals surface area (Å²) in [6.07, 6.45) is -1.42. The van der Waals surface area contributed by atoms with Gasteiger partial charge >= 0.3 is 0 Å². The third kappa shape index (κ3) is 3.46. The zero-order valence-corrected chi connectivity index (χ0v) is 9.30. The first-order chi connectivity index (χ1) is 7.91. The fourth-order valence-corrected chi connectivity index (χ4v) is 1.14. The van der Waals surface area contributed by atoms with Crippen molar-refractivity contribution in [2.24, 2.45) is 5.73 Å². The van der Waals surface area contributed by atoms with Crippen LogP contribution in [0.1, 0.15) is 15.9 Å². The Morgan fingerprint density at radius 2 is 2.12 bits per heavy atom. The number of aliphatic hydroxyl groups excluding tert-OH is 1. The van der Waals surface area contributed by atoms with Gasteiger partial charge < -0.3 is 21.3 Å². The van der Waals surface area contributed by atoms with E-state index in [0.29, 0.717) is 5.56 Å². The van der Waals surface area contributed by atoms with Crippen LogP contribution in [0.4, 0.5) is 0 Å². The number of hydrogen-bond donors (Lipinski definition) is 4. The summed E-state index contributed by atoms with van der Waals surface area (Å²) in [7, 11) is 0. The number of primary amides is 1. The molecule has 0 aliphatic rings. The predicted octanol–water partition coefficient (Wildman–Crippen LogP) is -0.723. The van der Waals surface area contributed by atoms with Gasteiger partial charge in [0.05, 0.1) is 6.54 Å². The first-order valence-corrected chi connectivity index (χ1v) is 4.97. The molecule has 0 spiro atoms. The van der Waals surface area contributed by atoms with Gasteiger partial charge in [0.1, 0.15) is 11.9 Å². The molecule has 1 rings (SSSR count). The molecule has 0 bridgehead atoms. The minimum atomic E-state index is -1.42. The maximum atomic E-state index is 11.5. The standard InChI is InChI=1S/C11H14N2O4/c1-6-2-3-7(4-8(6)14)11(17)13-5-9(15)10(12)16/h2-4,9,14-15H,5H2,1H3,(H2,12,16)(H,13,17). The second-order valence-electron chi connectivity index (χ2n) is 3.63. The van der Waals surface area contributed by atoms with Crippen molar-refractivity contribution in [3.63, 3.8) is 0 Å². The van der Waals surface area contributed by atoms with Crippen LogP contribution in [-0.2, 0) is 4.79 Å². The normalized spacial score (nSPS) is 11.9. The quantitative estimate of drug-likeness (QED) is 0.554. The van der Waals surface area contributed by atoms with Crippen molar-refractivity contribution >= 4 is 11.8 Å². The molecule has 0 saturated carbocycles. The summed E-state index contributed by atoms with van der Waals surface area (Å²) >= 11 is 0. The van der Waals surface area contributed by atoms with Gasteiger partial charge in [0, 0.05) is 5.56 Å². The third-order valence-electron chi connectivity index (χ3n) is 2.26. The number of phenolic OH excluding ortho intramolecular Hbond substituents is 1. The highest BCUT2D eigenvalue weighted by Gasteiger charge is 2.13. The topological polar surface area (TPSA) is 113 Å². The highest BCUT2D eigenvalue weighted by Crippen LogP contribution is 2.17. The lowest BCUT2D eigenvalue weighted by molar-refractivity contribution is -0.125. The van der Waals surface area contributed by atoms with Crippen molar-refractivity contribution < 1.29 is 19.8 Å². The summed E-state index contributed by atoms with van der Waals surface area (Å²) in [5.74, 6) is -1.40. The molecule has 5 N–H and O–H groups in total. The molecule has 0 aliphatic carbocycles. The number of nitrogens with two attached hydrogens (primary N) is 1. The molecule has 92 valence electrons. The summed E-state index contributed by atoms with van der Waals surface area (Å²) in [5.41, 5.74) is 5.72. The summed E-state index contributed by atoms with van der Waals surface area (Å²) in [6, 6.07) is 4.43. The Kier molecular flexibility index (Phi) is 4.06. The Balaban J connectivity index is 2.64. The van der Waals surface area contributed by atoms with Crippen molar-refractivity contribution in [3.8, 4) is 5.75 Å². The molecule has 17 heavy (non-hydrogen) atoms. The molecule has 0 aromatic heterocycles. The van der Waals surface area contributed by atoms with Gasteiger partial charge in [-0.05, 0) is 24.6 Å². The SMILES string of the molecule is Cc1ccc(C(=O)NCC(O)C(N)=O)cc1O. The average Bonchev–Trinajstić information content (AvgIpc) is 2.28. The molecule has 1 aromatic carbocycles. The number of carbonyl (C=O) groups excluding carboxylic acids is 2. The lowest BCUT2D eigenvalue weighted by Crippen LogP contribution is -2.39. The molecule has 1 aromatic rings. The van der Waals surface area contributed by atoms with E-state index in [1.165, 1.54) is 12.1 Å². The molecule has 0 heterocycles. The van der Waals surface area contributed by atoms with E-state index >= 15 is 0 Å². The molecular weight excluding hydrogens is 224 g/mol. The van der Waals surface area contributed by atoms with Crippen molar-refractivity contribution in [1.82, 2.24) is 5.32 Å². The second-order valence-corrected chi connectivity index (χ2v) is 3.63. The molecular formula is C11H14N2O4. The van der Waals surface area contributed by atoms with E-state index in [1.807, 2.05) is 0 Å². The van der Waals surface area contributed by atoms with Gasteiger partial charge in [0.2, 0.25) is 5.91 Å². The van der Waals surface area contributed by atoms with Crippen LogP contribution in [0.15, 0.2) is 18.2 Å². The Morgan fingerprint density at radius 3 is 2.65 bits per heavy atom. The molecule has 0 fully saturated rings. The number of aryl methyl sites for hydroxylation is 1. The van der Waals surface area contributed by atoms with Gasteiger partial charge in [-0.2, -0.15) is 0 Å². The van der Waals surface area contributed by atoms with E-state index in [-0.39, 0.29) is 17.9 Å². The van der Waals surface area contributed by atoms with Gasteiger partial charge in [-0.3, -0.25) is 9.59 Å². The zero-order chi connectivity index (χ0) is 13.0. The van der Waals surface area contributed by atoms with Crippen LogP contribution in [0.2, 0.25) is 0 Å². The van der Waals surface area contributed by atoms with Crippen LogP contribution in [0.3, 0.4) is 0 Å². The molecule has 0 saturated heterocycles. The summed E-state index contributed by atoms with van der Waals surface area (Å²) in [5, 5.41) is 20.8. The number of carbonyl (C=O) groups is 2. The Labute approximate surface area is 98.1 Å². The minimum Gasteiger partial charge on any atom is -0.508 e. The smallest absolute Gasteiger partial charge is 0.251 e. The maximum absolute atomic E-state index is 11.5. The molecule has 6 nitrogen and oxygen atoms in total. The Bertz CT molecular complexity index is 445. The van der Waals surface area contributed by atoms with E-state index in [9.17, 15) is 14.7 Å². The van der Waals surface area contributed by atoms with Crippen LogP contribution < -0.4 is 11.1 Å². The van der Waals surface area contributed by atoms with E-state index in [4.69, 9.17) is 10.8 Å². The lowest BCUT2D eigenvalue weighted by atomic mass is 10.1. The summed E-state index contributed by atoms with van der Waals surface area (Å²) < 4.78 is 0. The van der Waals surface area contributed by atoms with Gasteiger partial charge in [0.25, 0.3) is 5.91 Å². The predicted molar refractivity (Wildman–Crippen MR) is 60.4 cm³/mol. The van der Waals surface area contributed by atoms with Crippen LogP contribution in [0, 0.1) is 6.92 Å². The zero-order valence-electron chi connectivity index (χ0n) is 9.30. The fraction of sp³-hybridized carbons (Fsp3) is 0.273. The van der Waals surface area contributed by atoms with Gasteiger partial charge in [-0.25, -0.2) is 0 Å². The number of nitrogens with one attached hydrogen (secondary N) is 1. The molecule has 0 aliphatic heterocycles. The highest BCUT2D eigenvalue weighted by atomic mass is 16.3. The third-order valence-corrected chi connectivity index (χ3v) is 2.26. The number of rotatable bonds is 4. The van der Waals surface area contributed by atoms with Gasteiger partial charge in [-0.15, -0.1) is 0 Å². The van der Waals surface area contributed by atoms with Crippen LogP contribution in [0.5, 0.6) is 5.75 Å². The summed E-state index contributed by atoms with van der Waals surface area (Å²) in [6.45, 7) is 1.44. The molecule has 2 amide bonds. The van der Waals surface area contributed by atoms with Crippen molar-refractivity contribution in [3.05, 3.63) is 29.3 Å². The lowest BCUT2D eigenvalue weighted by Gasteiger charge is -2.09. The molecule has 0 radical (unpaired) electrons. The summed E-state index contributed by atoms with van der Waals surface area (Å²) in [4.78, 5) is 22.1. The van der Waals surface area contributed by atoms with Crippen LogP contribution in [0.25, 0.3) is 0 Å². The monoisotopic (exact) mass is 238 g/mol. The van der Waals surface area contributed by atoms with Crippen LogP contribution in [-0.4, -0.2) is 34.7 Å². The number of hydrogen-bond acceptors (Lipinski definition) is 4. The molecule has 1 unspecified atom stereocenters. The maximum Gasteiger partial charge on any atom is 0.251 e. The number of aromatic hydroxyl groups is 1. The number of benzene rings is 1. The first kappa shape index (κ1) is 13.0. The van der Waals surface area contributed by atoms with E-state index in [2.05, 4.69) is 5.32 Å². The van der Waals surface area contributed by atoms with E-state index in [1.54, 1.807) is 13.0 Å². The second kappa shape index (κ2) is 5.31. The highest BCUT2D eigenvalue weighted by molar-refractivity contribution is 5.95. The van der Waals surface area contributed by atoms with Gasteiger partial charge in [0.15, 0.2) is 0 Å². The van der Waals surface area contributed by atoms with Crippen molar-refractivity contribution in [1.29, 1.82) is 0 Å². The largest absolute Gasteiger partial charge is 0.508 e. The molecule has 1 atom stereocenters. The average molecular weight is 238 g/mol. The van der Waals surface area contributed by atoms with Crippen molar-refractivity contribution in [2.45, 2.75) is 13.0 Å². The fourth-order valence-electron chi connectivity index (χ4n) is 1.14. The number of aliphatic hydroxyl groups is 1. The van der Waals surface area contributed by atoms with Crippen LogP contribution >= 0.6 is 0 Å². The number of phenols is 1. The van der Waals surface area contributed by atoms with E-state index < -0.39 is 17.9 Å². The molecule has 6 heteroatoms. The minimum absolute atomic E-state index is 0.00750. The first-order valence-electron chi connectivity index (χ1n) is 4.97. The van der Waals surface area contributed by atoms with E-state index in [0.717, 1.165) is 0 Å². The van der Waals surface area contributed by atoms with Gasteiger partial charge in [-0.1, -0.05) is 6.07 Å². The number of amides is 2.